The normalized spacial score (nSPS) is 22.2. The van der Waals surface area contributed by atoms with E-state index in [1.807, 2.05) is 18.3 Å². The first kappa shape index (κ1) is 11.5. The van der Waals surface area contributed by atoms with Gasteiger partial charge in [0.05, 0.1) is 6.61 Å². The Morgan fingerprint density at radius 2 is 2.50 bits per heavy atom. The lowest BCUT2D eigenvalue weighted by atomic mass is 9.95. The van der Waals surface area contributed by atoms with E-state index in [4.69, 9.17) is 10.6 Å². The molecule has 1 aromatic rings. The molecule has 0 spiro atoms. The van der Waals surface area contributed by atoms with Crippen LogP contribution in [0.2, 0.25) is 0 Å². The fraction of sp³-hybridized carbons (Fsp3) is 0.583. The van der Waals surface area contributed by atoms with Gasteiger partial charge >= 0.3 is 0 Å². The quantitative estimate of drug-likeness (QED) is 0.572. The maximum Gasteiger partial charge on any atom is 0.0510 e. The third-order valence-corrected chi connectivity index (χ3v) is 3.19. The Labute approximate surface area is 96.2 Å². The molecule has 0 aliphatic carbocycles. The molecule has 0 radical (unpaired) electrons. The number of aromatic nitrogens is 1. The lowest BCUT2D eigenvalue weighted by Crippen LogP contribution is -2.41. The SMILES string of the molecule is NNC(CCc1ccccn1)C1CCOC1. The van der Waals surface area contributed by atoms with Crippen LogP contribution in [0.5, 0.6) is 0 Å². The number of rotatable bonds is 5. The Morgan fingerprint density at radius 3 is 3.12 bits per heavy atom. The van der Waals surface area contributed by atoms with Crippen LogP contribution in [0, 0.1) is 5.92 Å². The third-order valence-electron chi connectivity index (χ3n) is 3.19. The van der Waals surface area contributed by atoms with Gasteiger partial charge < -0.3 is 4.74 Å². The van der Waals surface area contributed by atoms with Gasteiger partial charge in [0.25, 0.3) is 0 Å². The minimum atomic E-state index is 0.338. The zero-order valence-electron chi connectivity index (χ0n) is 9.43. The Morgan fingerprint density at radius 1 is 1.56 bits per heavy atom. The van der Waals surface area contributed by atoms with E-state index in [1.54, 1.807) is 0 Å². The van der Waals surface area contributed by atoms with Crippen molar-refractivity contribution in [1.82, 2.24) is 10.4 Å². The van der Waals surface area contributed by atoms with Gasteiger partial charge in [-0.05, 0) is 31.4 Å². The van der Waals surface area contributed by atoms with Gasteiger partial charge in [0.2, 0.25) is 0 Å². The molecule has 1 aliphatic heterocycles. The minimum Gasteiger partial charge on any atom is -0.381 e. The predicted molar refractivity (Wildman–Crippen MR) is 62.6 cm³/mol. The van der Waals surface area contributed by atoms with E-state index < -0.39 is 0 Å². The smallest absolute Gasteiger partial charge is 0.0510 e. The van der Waals surface area contributed by atoms with E-state index in [2.05, 4.69) is 16.5 Å². The van der Waals surface area contributed by atoms with Crippen LogP contribution in [0.4, 0.5) is 0 Å². The van der Waals surface area contributed by atoms with Crippen LogP contribution in [0.15, 0.2) is 24.4 Å². The van der Waals surface area contributed by atoms with Crippen LogP contribution in [0.25, 0.3) is 0 Å². The summed E-state index contributed by atoms with van der Waals surface area (Å²) in [6.45, 7) is 1.70. The second-order valence-corrected chi connectivity index (χ2v) is 4.26. The largest absolute Gasteiger partial charge is 0.381 e. The maximum atomic E-state index is 5.59. The van der Waals surface area contributed by atoms with Crippen molar-refractivity contribution in [3.63, 3.8) is 0 Å². The highest BCUT2D eigenvalue weighted by molar-refractivity contribution is 5.03. The van der Waals surface area contributed by atoms with Gasteiger partial charge in [-0.15, -0.1) is 0 Å². The Balaban J connectivity index is 1.83. The lowest BCUT2D eigenvalue weighted by Gasteiger charge is -2.21. The van der Waals surface area contributed by atoms with E-state index in [-0.39, 0.29) is 0 Å². The van der Waals surface area contributed by atoms with Gasteiger partial charge in [-0.2, -0.15) is 0 Å². The average Bonchev–Trinajstić information content (AvgIpc) is 2.85. The number of hydrazine groups is 1. The summed E-state index contributed by atoms with van der Waals surface area (Å²) in [4.78, 5) is 4.31. The molecule has 1 aliphatic rings. The second kappa shape index (κ2) is 5.94. The van der Waals surface area contributed by atoms with E-state index in [0.717, 1.165) is 38.2 Å². The zero-order valence-corrected chi connectivity index (χ0v) is 9.43. The highest BCUT2D eigenvalue weighted by Gasteiger charge is 2.24. The lowest BCUT2D eigenvalue weighted by molar-refractivity contribution is 0.175. The van der Waals surface area contributed by atoms with Crippen molar-refractivity contribution in [3.8, 4) is 0 Å². The number of nitrogens with one attached hydrogen (secondary N) is 1. The number of ether oxygens (including phenoxy) is 1. The van der Waals surface area contributed by atoms with Gasteiger partial charge in [-0.25, -0.2) is 0 Å². The maximum absolute atomic E-state index is 5.59. The second-order valence-electron chi connectivity index (χ2n) is 4.26. The molecule has 0 bridgehead atoms. The van der Waals surface area contributed by atoms with Crippen molar-refractivity contribution in [1.29, 1.82) is 0 Å². The first-order chi connectivity index (χ1) is 7.90. The Kier molecular flexibility index (Phi) is 4.27. The van der Waals surface area contributed by atoms with Gasteiger partial charge in [0.1, 0.15) is 0 Å². The Bertz CT molecular complexity index is 298. The summed E-state index contributed by atoms with van der Waals surface area (Å²) in [6.07, 6.45) is 4.92. The Hall–Kier alpha value is -0.970. The average molecular weight is 221 g/mol. The molecule has 88 valence electrons. The van der Waals surface area contributed by atoms with Gasteiger partial charge in [0, 0.05) is 30.5 Å². The molecule has 2 heterocycles. The molecule has 1 aromatic heterocycles. The summed E-state index contributed by atoms with van der Waals surface area (Å²) in [7, 11) is 0. The number of nitrogens with zero attached hydrogens (tertiary/aromatic N) is 1. The monoisotopic (exact) mass is 221 g/mol. The van der Waals surface area contributed by atoms with Crippen LogP contribution in [-0.2, 0) is 11.2 Å². The summed E-state index contributed by atoms with van der Waals surface area (Å²) in [5.74, 6) is 6.14. The molecule has 0 saturated carbocycles. The minimum absolute atomic E-state index is 0.338. The van der Waals surface area contributed by atoms with E-state index in [9.17, 15) is 0 Å². The highest BCUT2D eigenvalue weighted by Crippen LogP contribution is 2.19. The number of aryl methyl sites for hydroxylation is 1. The van der Waals surface area contributed by atoms with Crippen LogP contribution in [0.1, 0.15) is 18.5 Å². The third kappa shape index (κ3) is 3.01. The van der Waals surface area contributed by atoms with Crippen molar-refractivity contribution in [2.45, 2.75) is 25.3 Å². The van der Waals surface area contributed by atoms with Crippen molar-refractivity contribution in [2.75, 3.05) is 13.2 Å². The van der Waals surface area contributed by atoms with Gasteiger partial charge in [-0.1, -0.05) is 6.07 Å². The van der Waals surface area contributed by atoms with Crippen molar-refractivity contribution in [3.05, 3.63) is 30.1 Å². The molecule has 2 unspecified atom stereocenters. The molecule has 1 saturated heterocycles. The molecule has 0 amide bonds. The molecular weight excluding hydrogens is 202 g/mol. The summed E-state index contributed by atoms with van der Waals surface area (Å²) in [6, 6.07) is 6.35. The number of nitrogens with two attached hydrogens (primary N) is 1. The summed E-state index contributed by atoms with van der Waals surface area (Å²) < 4.78 is 5.38. The van der Waals surface area contributed by atoms with Crippen LogP contribution >= 0.6 is 0 Å². The topological polar surface area (TPSA) is 60.2 Å². The molecule has 4 nitrogen and oxygen atoms in total. The van der Waals surface area contributed by atoms with E-state index in [1.165, 1.54) is 0 Å². The molecule has 0 aromatic carbocycles. The summed E-state index contributed by atoms with van der Waals surface area (Å²) >= 11 is 0. The molecule has 16 heavy (non-hydrogen) atoms. The highest BCUT2D eigenvalue weighted by atomic mass is 16.5. The first-order valence-corrected chi connectivity index (χ1v) is 5.84. The molecule has 4 heteroatoms. The first-order valence-electron chi connectivity index (χ1n) is 5.84. The summed E-state index contributed by atoms with van der Waals surface area (Å²) in [5.41, 5.74) is 4.03. The van der Waals surface area contributed by atoms with Crippen LogP contribution < -0.4 is 11.3 Å². The van der Waals surface area contributed by atoms with Crippen LogP contribution in [0.3, 0.4) is 0 Å². The molecule has 2 atom stereocenters. The zero-order chi connectivity index (χ0) is 11.2. The van der Waals surface area contributed by atoms with Crippen LogP contribution in [-0.4, -0.2) is 24.2 Å². The number of hydrogen-bond donors (Lipinski definition) is 2. The van der Waals surface area contributed by atoms with Gasteiger partial charge in [-0.3, -0.25) is 16.3 Å². The van der Waals surface area contributed by atoms with Crippen molar-refractivity contribution >= 4 is 0 Å². The molecule has 1 fully saturated rings. The van der Waals surface area contributed by atoms with Crippen molar-refractivity contribution in [2.24, 2.45) is 11.8 Å². The fourth-order valence-corrected chi connectivity index (χ4v) is 2.17. The molecular formula is C12H19N3O. The number of hydrogen-bond acceptors (Lipinski definition) is 4. The van der Waals surface area contributed by atoms with Crippen molar-refractivity contribution < 1.29 is 4.74 Å². The van der Waals surface area contributed by atoms with E-state index in [0.29, 0.717) is 12.0 Å². The summed E-state index contributed by atoms with van der Waals surface area (Å²) in [5, 5.41) is 0. The standard InChI is InChI=1S/C12H19N3O/c13-15-12(10-6-8-16-9-10)5-4-11-3-1-2-7-14-11/h1-3,7,10,12,15H,4-6,8-9,13H2. The molecule has 3 N–H and O–H groups in total. The van der Waals surface area contributed by atoms with Gasteiger partial charge in [0.15, 0.2) is 0 Å². The fourth-order valence-electron chi connectivity index (χ4n) is 2.17. The van der Waals surface area contributed by atoms with E-state index >= 15 is 0 Å². The number of pyridine rings is 1. The molecule has 2 rings (SSSR count). The predicted octanol–water partition coefficient (Wildman–Crippen LogP) is 0.883.